The lowest BCUT2D eigenvalue weighted by molar-refractivity contribution is 0.421. The number of aryl methyl sites for hydroxylation is 2. The number of nitrogen functional groups attached to an aromatic ring is 1. The molecular weight excluding hydrogens is 212 g/mol. The van der Waals surface area contributed by atoms with Crippen LogP contribution in [-0.2, 0) is 6.54 Å². The fraction of sp³-hybridized carbons (Fsp3) is 0.769. The second kappa shape index (κ2) is 4.98. The van der Waals surface area contributed by atoms with E-state index in [9.17, 15) is 0 Å². The van der Waals surface area contributed by atoms with Gasteiger partial charge in [-0.1, -0.05) is 19.3 Å². The van der Waals surface area contributed by atoms with Crippen molar-refractivity contribution in [2.24, 2.45) is 0 Å². The van der Waals surface area contributed by atoms with Crippen molar-refractivity contribution >= 4 is 11.5 Å². The normalized spacial score (nSPS) is 17.4. The van der Waals surface area contributed by atoms with E-state index in [0.717, 1.165) is 23.7 Å². The minimum atomic E-state index is 0.632. The van der Waals surface area contributed by atoms with E-state index < -0.39 is 0 Å². The molecule has 1 aliphatic carbocycles. The molecule has 1 fully saturated rings. The average molecular weight is 236 g/mol. The van der Waals surface area contributed by atoms with Crippen LogP contribution in [0, 0.1) is 6.92 Å². The van der Waals surface area contributed by atoms with Crippen molar-refractivity contribution < 1.29 is 0 Å². The molecule has 0 unspecified atom stereocenters. The predicted octanol–water partition coefficient (Wildman–Crippen LogP) is 2.56. The van der Waals surface area contributed by atoms with E-state index in [2.05, 4.69) is 24.0 Å². The highest BCUT2D eigenvalue weighted by Crippen LogP contribution is 2.31. The molecule has 1 heterocycles. The number of nitrogens with zero attached hydrogens (tertiary/aromatic N) is 3. The van der Waals surface area contributed by atoms with Gasteiger partial charge < -0.3 is 10.6 Å². The van der Waals surface area contributed by atoms with E-state index in [4.69, 9.17) is 5.73 Å². The zero-order valence-electron chi connectivity index (χ0n) is 11.2. The number of nitrogens with two attached hydrogens (primary N) is 1. The molecule has 1 aromatic rings. The van der Waals surface area contributed by atoms with Gasteiger partial charge in [0.15, 0.2) is 5.82 Å². The number of aromatic nitrogens is 2. The van der Waals surface area contributed by atoms with E-state index in [0.29, 0.717) is 6.04 Å². The van der Waals surface area contributed by atoms with Gasteiger partial charge in [-0.3, -0.25) is 0 Å². The molecule has 1 saturated carbocycles. The number of hydrogen-bond donors (Lipinski definition) is 1. The Labute approximate surface area is 104 Å². The van der Waals surface area contributed by atoms with Crippen molar-refractivity contribution in [1.29, 1.82) is 0 Å². The van der Waals surface area contributed by atoms with Crippen LogP contribution in [0.5, 0.6) is 0 Å². The molecule has 0 aromatic carbocycles. The van der Waals surface area contributed by atoms with Crippen LogP contribution in [0.1, 0.15) is 44.7 Å². The number of anilines is 2. The molecule has 1 aromatic heterocycles. The van der Waals surface area contributed by atoms with Gasteiger partial charge in [0, 0.05) is 19.6 Å². The van der Waals surface area contributed by atoms with Crippen LogP contribution in [-0.4, -0.2) is 22.9 Å². The molecule has 0 amide bonds. The lowest BCUT2D eigenvalue weighted by Crippen LogP contribution is -2.35. The summed E-state index contributed by atoms with van der Waals surface area (Å²) in [6, 6.07) is 0.632. The third-order valence-corrected chi connectivity index (χ3v) is 3.90. The Hall–Kier alpha value is -1.19. The van der Waals surface area contributed by atoms with Gasteiger partial charge in [0.25, 0.3) is 0 Å². The van der Waals surface area contributed by atoms with E-state index in [1.54, 1.807) is 0 Å². The third-order valence-electron chi connectivity index (χ3n) is 3.90. The molecule has 2 N–H and O–H groups in total. The van der Waals surface area contributed by atoms with Gasteiger partial charge in [-0.2, -0.15) is 5.10 Å². The summed E-state index contributed by atoms with van der Waals surface area (Å²) in [6.45, 7) is 4.98. The fourth-order valence-corrected chi connectivity index (χ4v) is 2.82. The molecule has 0 spiro atoms. The van der Waals surface area contributed by atoms with Gasteiger partial charge in [-0.15, -0.1) is 0 Å². The first-order valence-corrected chi connectivity index (χ1v) is 6.70. The smallest absolute Gasteiger partial charge is 0.150 e. The first-order valence-electron chi connectivity index (χ1n) is 6.70. The maximum absolute atomic E-state index is 6.16. The third kappa shape index (κ3) is 2.26. The van der Waals surface area contributed by atoms with Gasteiger partial charge in [0.1, 0.15) is 0 Å². The van der Waals surface area contributed by atoms with Gasteiger partial charge >= 0.3 is 0 Å². The summed E-state index contributed by atoms with van der Waals surface area (Å²) in [7, 11) is 2.16. The molecule has 17 heavy (non-hydrogen) atoms. The quantitative estimate of drug-likeness (QED) is 0.877. The van der Waals surface area contributed by atoms with E-state index in [-0.39, 0.29) is 0 Å². The van der Waals surface area contributed by atoms with Crippen LogP contribution < -0.4 is 10.6 Å². The molecule has 1 aliphatic rings. The molecule has 96 valence electrons. The SMILES string of the molecule is CCn1nc(C)c(N)c1N(C)C1CCCCC1. The van der Waals surface area contributed by atoms with Crippen molar-refractivity contribution in [3.8, 4) is 0 Å². The maximum Gasteiger partial charge on any atom is 0.150 e. The summed E-state index contributed by atoms with van der Waals surface area (Å²) >= 11 is 0. The Morgan fingerprint density at radius 2 is 2.00 bits per heavy atom. The van der Waals surface area contributed by atoms with Crippen LogP contribution in [0.3, 0.4) is 0 Å². The summed E-state index contributed by atoms with van der Waals surface area (Å²) in [4.78, 5) is 2.35. The van der Waals surface area contributed by atoms with E-state index in [1.807, 2.05) is 11.6 Å². The minimum Gasteiger partial charge on any atom is -0.394 e. The standard InChI is InChI=1S/C13H24N4/c1-4-17-13(12(14)10(2)15-17)16(3)11-8-6-5-7-9-11/h11H,4-9,14H2,1-3H3. The lowest BCUT2D eigenvalue weighted by Gasteiger charge is -2.33. The summed E-state index contributed by atoms with van der Waals surface area (Å²) in [5.74, 6) is 1.11. The van der Waals surface area contributed by atoms with Crippen LogP contribution in [0.4, 0.5) is 11.5 Å². The van der Waals surface area contributed by atoms with E-state index >= 15 is 0 Å². The van der Waals surface area contributed by atoms with Crippen LogP contribution >= 0.6 is 0 Å². The Kier molecular flexibility index (Phi) is 3.60. The van der Waals surface area contributed by atoms with Crippen molar-refractivity contribution in [2.75, 3.05) is 17.7 Å². The highest BCUT2D eigenvalue weighted by molar-refractivity contribution is 5.66. The van der Waals surface area contributed by atoms with Crippen LogP contribution in [0.25, 0.3) is 0 Å². The summed E-state index contributed by atoms with van der Waals surface area (Å²) in [5, 5.41) is 4.49. The number of hydrogen-bond acceptors (Lipinski definition) is 3. The second-order valence-electron chi connectivity index (χ2n) is 5.04. The van der Waals surface area contributed by atoms with Gasteiger partial charge in [0.2, 0.25) is 0 Å². The fourth-order valence-electron chi connectivity index (χ4n) is 2.82. The minimum absolute atomic E-state index is 0.632. The van der Waals surface area contributed by atoms with E-state index in [1.165, 1.54) is 32.1 Å². The molecule has 0 radical (unpaired) electrons. The second-order valence-corrected chi connectivity index (χ2v) is 5.04. The lowest BCUT2D eigenvalue weighted by atomic mass is 9.94. The zero-order chi connectivity index (χ0) is 12.4. The summed E-state index contributed by atoms with van der Waals surface area (Å²) in [5.41, 5.74) is 7.96. The van der Waals surface area contributed by atoms with Crippen LogP contribution in [0.15, 0.2) is 0 Å². The van der Waals surface area contributed by atoms with Crippen molar-refractivity contribution in [3.05, 3.63) is 5.69 Å². The van der Waals surface area contributed by atoms with Crippen molar-refractivity contribution in [1.82, 2.24) is 9.78 Å². The predicted molar refractivity (Wildman–Crippen MR) is 72.3 cm³/mol. The number of rotatable bonds is 3. The first-order chi connectivity index (χ1) is 8.15. The molecule has 0 aliphatic heterocycles. The van der Waals surface area contributed by atoms with Crippen LogP contribution in [0.2, 0.25) is 0 Å². The topological polar surface area (TPSA) is 47.1 Å². The molecule has 0 atom stereocenters. The van der Waals surface area contributed by atoms with Gasteiger partial charge in [0.05, 0.1) is 11.4 Å². The van der Waals surface area contributed by atoms with Crippen molar-refractivity contribution in [3.63, 3.8) is 0 Å². The highest BCUT2D eigenvalue weighted by atomic mass is 15.4. The largest absolute Gasteiger partial charge is 0.394 e. The molecule has 0 saturated heterocycles. The molecule has 4 nitrogen and oxygen atoms in total. The zero-order valence-corrected chi connectivity index (χ0v) is 11.2. The molecule has 0 bridgehead atoms. The Morgan fingerprint density at radius 1 is 1.35 bits per heavy atom. The highest BCUT2D eigenvalue weighted by Gasteiger charge is 2.23. The van der Waals surface area contributed by atoms with Gasteiger partial charge in [-0.25, -0.2) is 4.68 Å². The summed E-state index contributed by atoms with van der Waals surface area (Å²) in [6.07, 6.45) is 6.63. The molecule has 4 heteroatoms. The van der Waals surface area contributed by atoms with Gasteiger partial charge in [-0.05, 0) is 26.7 Å². The average Bonchev–Trinajstić information content (AvgIpc) is 2.65. The first kappa shape index (κ1) is 12.3. The molecule has 2 rings (SSSR count). The maximum atomic E-state index is 6.16. The van der Waals surface area contributed by atoms with Crippen molar-refractivity contribution in [2.45, 2.75) is 58.5 Å². The monoisotopic (exact) mass is 236 g/mol. The Balaban J connectivity index is 2.25. The molecular formula is C13H24N4. The Morgan fingerprint density at radius 3 is 2.59 bits per heavy atom. The Bertz CT molecular complexity index is 377. The summed E-state index contributed by atoms with van der Waals surface area (Å²) < 4.78 is 2.03.